The third-order valence-electron chi connectivity index (χ3n) is 5.70. The maximum atomic E-state index is 12.8. The molecule has 0 amide bonds. The number of esters is 1. The number of carbonyl (C=O) groups is 1. The van der Waals surface area contributed by atoms with Gasteiger partial charge in [0.05, 0.1) is 18.2 Å². The van der Waals surface area contributed by atoms with Crippen molar-refractivity contribution in [3.05, 3.63) is 76.8 Å². The Morgan fingerprint density at radius 1 is 1.09 bits per heavy atom. The van der Waals surface area contributed by atoms with Gasteiger partial charge in [-0.1, -0.05) is 50.6 Å². The summed E-state index contributed by atoms with van der Waals surface area (Å²) in [6, 6.07) is 19.6. The summed E-state index contributed by atoms with van der Waals surface area (Å²) < 4.78 is 6.95. The number of hydrogen-bond donors (Lipinski definition) is 1. The average Bonchev–Trinajstić information content (AvgIpc) is 2.88. The largest absolute Gasteiger partial charge is 0.466 e. The Morgan fingerprint density at radius 2 is 1.83 bits per heavy atom. The van der Waals surface area contributed by atoms with Crippen LogP contribution < -0.4 is 10.9 Å². The Kier molecular flexibility index (Phi) is 10.4. The maximum absolute atomic E-state index is 12.8. The van der Waals surface area contributed by atoms with Gasteiger partial charge in [-0.25, -0.2) is 4.98 Å². The fourth-order valence-corrected chi connectivity index (χ4v) is 4.90. The van der Waals surface area contributed by atoms with Crippen molar-refractivity contribution < 1.29 is 9.53 Å². The van der Waals surface area contributed by atoms with Crippen LogP contribution in [0.1, 0.15) is 39.4 Å². The zero-order valence-electron chi connectivity index (χ0n) is 20.8. The predicted molar refractivity (Wildman–Crippen MR) is 144 cm³/mol. The van der Waals surface area contributed by atoms with Crippen LogP contribution in [0.2, 0.25) is 0 Å². The van der Waals surface area contributed by atoms with Gasteiger partial charge in [0.2, 0.25) is 0 Å². The van der Waals surface area contributed by atoms with Gasteiger partial charge in [0.25, 0.3) is 5.56 Å². The lowest BCUT2D eigenvalue weighted by molar-refractivity contribution is -0.147. The lowest BCUT2D eigenvalue weighted by Gasteiger charge is -2.15. The molecule has 0 radical (unpaired) electrons. The third kappa shape index (κ3) is 7.72. The van der Waals surface area contributed by atoms with Crippen molar-refractivity contribution in [2.24, 2.45) is 5.92 Å². The topological polar surface area (TPSA) is 73.2 Å². The molecule has 1 unspecified atom stereocenters. The van der Waals surface area contributed by atoms with Gasteiger partial charge in [-0.05, 0) is 37.6 Å². The number of thioether (sulfide) groups is 1. The Balaban J connectivity index is 1.56. The normalized spacial score (nSPS) is 11.7. The second-order valence-electron chi connectivity index (χ2n) is 8.27. The molecule has 0 spiro atoms. The van der Waals surface area contributed by atoms with Gasteiger partial charge >= 0.3 is 5.97 Å². The van der Waals surface area contributed by atoms with Crippen molar-refractivity contribution >= 4 is 23.4 Å². The van der Waals surface area contributed by atoms with E-state index in [4.69, 9.17) is 9.72 Å². The van der Waals surface area contributed by atoms with Gasteiger partial charge in [-0.15, -0.1) is 11.8 Å². The number of aryl methyl sites for hydroxylation is 1. The average molecular weight is 494 g/mol. The van der Waals surface area contributed by atoms with Crippen molar-refractivity contribution in [1.29, 1.82) is 0 Å². The van der Waals surface area contributed by atoms with E-state index in [0.29, 0.717) is 37.6 Å². The number of rotatable bonds is 13. The molecule has 0 saturated carbocycles. The smallest absolute Gasteiger partial charge is 0.309 e. The molecule has 3 rings (SSSR count). The molecule has 0 aliphatic rings. The summed E-state index contributed by atoms with van der Waals surface area (Å²) in [6.07, 6.45) is 2.48. The van der Waals surface area contributed by atoms with E-state index in [1.165, 1.54) is 0 Å². The number of nitrogens with one attached hydrogen (secondary N) is 1. The highest BCUT2D eigenvalue weighted by atomic mass is 32.2. The first-order chi connectivity index (χ1) is 17.0. The molecule has 2 aromatic carbocycles. The Morgan fingerprint density at radius 3 is 2.49 bits per heavy atom. The summed E-state index contributed by atoms with van der Waals surface area (Å²) in [4.78, 5) is 30.8. The molecule has 3 aromatic rings. The van der Waals surface area contributed by atoms with E-state index >= 15 is 0 Å². The third-order valence-corrected chi connectivity index (χ3v) is 6.87. The van der Waals surface area contributed by atoms with Crippen molar-refractivity contribution in [3.63, 3.8) is 0 Å². The molecule has 7 heteroatoms. The van der Waals surface area contributed by atoms with Gasteiger partial charge in [0.15, 0.2) is 0 Å². The highest BCUT2D eigenvalue weighted by Crippen LogP contribution is 2.25. The van der Waals surface area contributed by atoms with E-state index in [2.05, 4.69) is 24.4 Å². The van der Waals surface area contributed by atoms with Crippen molar-refractivity contribution in [2.75, 3.05) is 24.2 Å². The molecule has 1 N–H and O–H groups in total. The second-order valence-corrected chi connectivity index (χ2v) is 9.36. The summed E-state index contributed by atoms with van der Waals surface area (Å²) in [7, 11) is 0. The predicted octanol–water partition coefficient (Wildman–Crippen LogP) is 5.66. The molecule has 0 aliphatic carbocycles. The molecule has 0 fully saturated rings. The highest BCUT2D eigenvalue weighted by molar-refractivity contribution is 7.99. The van der Waals surface area contributed by atoms with Crippen LogP contribution in [0.5, 0.6) is 0 Å². The quantitative estimate of drug-likeness (QED) is 0.245. The molecule has 1 aromatic heterocycles. The molecule has 1 atom stereocenters. The highest BCUT2D eigenvalue weighted by Gasteiger charge is 2.19. The number of anilines is 1. The Hall–Kier alpha value is -3.06. The first-order valence-corrected chi connectivity index (χ1v) is 13.3. The second kappa shape index (κ2) is 13.7. The fourth-order valence-electron chi connectivity index (χ4n) is 3.88. The van der Waals surface area contributed by atoms with Crippen LogP contribution >= 0.6 is 11.8 Å². The lowest BCUT2D eigenvalue weighted by Crippen LogP contribution is -2.27. The SMILES string of the molecule is CCCC(CSc1ccc(NCCn2c(CC)nc(-c3ccccc3)cc2=O)cc1)C(=O)OCC. The Labute approximate surface area is 212 Å². The van der Waals surface area contributed by atoms with Gasteiger partial charge in [-0.3, -0.25) is 14.2 Å². The number of benzene rings is 2. The first kappa shape index (κ1) is 26.5. The summed E-state index contributed by atoms with van der Waals surface area (Å²) in [5.74, 6) is 1.32. The zero-order chi connectivity index (χ0) is 25.0. The van der Waals surface area contributed by atoms with E-state index in [1.54, 1.807) is 22.4 Å². The van der Waals surface area contributed by atoms with Crippen LogP contribution in [0.15, 0.2) is 70.4 Å². The minimum Gasteiger partial charge on any atom is -0.466 e. The van der Waals surface area contributed by atoms with E-state index < -0.39 is 0 Å². The van der Waals surface area contributed by atoms with Crippen LogP contribution in [-0.4, -0.2) is 34.4 Å². The molecule has 186 valence electrons. The van der Waals surface area contributed by atoms with Crippen molar-refractivity contribution in [3.8, 4) is 11.3 Å². The van der Waals surface area contributed by atoms with Gasteiger partial charge in [0, 0.05) is 47.5 Å². The molecule has 6 nitrogen and oxygen atoms in total. The minimum atomic E-state index is -0.104. The van der Waals surface area contributed by atoms with Crippen LogP contribution in [0.25, 0.3) is 11.3 Å². The lowest BCUT2D eigenvalue weighted by atomic mass is 10.1. The minimum absolute atomic E-state index is 0.0347. The molecular weight excluding hydrogens is 458 g/mol. The summed E-state index contributed by atoms with van der Waals surface area (Å²) in [5, 5.41) is 3.39. The van der Waals surface area contributed by atoms with Crippen molar-refractivity contribution in [2.45, 2.75) is 51.5 Å². The number of hydrogen-bond acceptors (Lipinski definition) is 6. The number of nitrogens with zero attached hydrogens (tertiary/aromatic N) is 2. The number of ether oxygens (including phenoxy) is 1. The number of aromatic nitrogens is 2. The van der Waals surface area contributed by atoms with Crippen LogP contribution in [0.4, 0.5) is 5.69 Å². The molecule has 35 heavy (non-hydrogen) atoms. The van der Waals surface area contributed by atoms with Crippen LogP contribution in [0.3, 0.4) is 0 Å². The van der Waals surface area contributed by atoms with Gasteiger partial charge in [0.1, 0.15) is 5.82 Å². The van der Waals surface area contributed by atoms with E-state index in [0.717, 1.165) is 34.8 Å². The van der Waals surface area contributed by atoms with Crippen molar-refractivity contribution in [1.82, 2.24) is 9.55 Å². The fraction of sp³-hybridized carbons (Fsp3) is 0.393. The molecule has 0 saturated heterocycles. The van der Waals surface area contributed by atoms with Gasteiger partial charge < -0.3 is 10.1 Å². The van der Waals surface area contributed by atoms with E-state index in [1.807, 2.05) is 56.3 Å². The van der Waals surface area contributed by atoms with Gasteiger partial charge in [-0.2, -0.15) is 0 Å². The maximum Gasteiger partial charge on any atom is 0.309 e. The molecule has 0 aliphatic heterocycles. The summed E-state index contributed by atoms with van der Waals surface area (Å²) in [5.41, 5.74) is 2.62. The zero-order valence-corrected chi connectivity index (χ0v) is 21.6. The van der Waals surface area contributed by atoms with E-state index in [-0.39, 0.29) is 17.4 Å². The van der Waals surface area contributed by atoms with Crippen LogP contribution in [-0.2, 0) is 22.5 Å². The van der Waals surface area contributed by atoms with Crippen LogP contribution in [0, 0.1) is 5.92 Å². The summed E-state index contributed by atoms with van der Waals surface area (Å²) in [6.45, 7) is 7.52. The monoisotopic (exact) mass is 493 g/mol. The first-order valence-electron chi connectivity index (χ1n) is 12.3. The summed E-state index contributed by atoms with van der Waals surface area (Å²) >= 11 is 1.68. The Bertz CT molecular complexity index is 1130. The number of carbonyl (C=O) groups excluding carboxylic acids is 1. The molecule has 0 bridgehead atoms. The molecule has 1 heterocycles. The molecular formula is C28H35N3O3S. The van der Waals surface area contributed by atoms with E-state index in [9.17, 15) is 9.59 Å². The standard InChI is InChI=1S/C28H35N3O3S/c1-4-10-22(28(33)34-6-3)20-35-24-15-13-23(14-16-24)29-17-18-31-26(5-2)30-25(19-27(31)32)21-11-8-7-9-12-21/h7-9,11-16,19,22,29H,4-6,10,17-18,20H2,1-3H3.